The molecule has 0 saturated carbocycles. The Morgan fingerprint density at radius 2 is 1.84 bits per heavy atom. The Labute approximate surface area is 112 Å². The summed E-state index contributed by atoms with van der Waals surface area (Å²) in [5.41, 5.74) is 1.15. The molecule has 1 saturated heterocycles. The molecule has 1 aromatic carbocycles. The molecule has 2 heterocycles. The van der Waals surface area contributed by atoms with Crippen molar-refractivity contribution in [3.05, 3.63) is 54.1 Å². The quantitative estimate of drug-likeness (QED) is 0.885. The smallest absolute Gasteiger partial charge is 0.156 e. The van der Waals surface area contributed by atoms with Gasteiger partial charge in [-0.15, -0.1) is 0 Å². The lowest BCUT2D eigenvalue weighted by atomic mass is 9.99. The van der Waals surface area contributed by atoms with Gasteiger partial charge in [0, 0.05) is 6.42 Å². The van der Waals surface area contributed by atoms with E-state index in [-0.39, 0.29) is 0 Å². The van der Waals surface area contributed by atoms with Crippen LogP contribution in [0.5, 0.6) is 5.75 Å². The Morgan fingerprint density at radius 3 is 2.47 bits per heavy atom. The van der Waals surface area contributed by atoms with Gasteiger partial charge < -0.3 is 10.1 Å². The van der Waals surface area contributed by atoms with Crippen LogP contribution < -0.4 is 10.1 Å². The number of aromatic nitrogens is 2. The summed E-state index contributed by atoms with van der Waals surface area (Å²) in [4.78, 5) is 8.70. The highest BCUT2D eigenvalue weighted by atomic mass is 16.5. The molecule has 0 radical (unpaired) electrons. The molecular weight excluding hydrogens is 238 g/mol. The van der Waals surface area contributed by atoms with Gasteiger partial charge in [-0.2, -0.15) is 0 Å². The highest BCUT2D eigenvalue weighted by Crippen LogP contribution is 2.13. The largest absolute Gasteiger partial charge is 0.486 e. The van der Waals surface area contributed by atoms with Crippen LogP contribution in [-0.2, 0) is 13.0 Å². The lowest BCUT2D eigenvalue weighted by Gasteiger charge is -2.26. The van der Waals surface area contributed by atoms with E-state index >= 15 is 0 Å². The third-order valence-corrected chi connectivity index (χ3v) is 3.27. The van der Waals surface area contributed by atoms with Gasteiger partial charge in [0.2, 0.25) is 0 Å². The number of ether oxygens (including phenoxy) is 1. The lowest BCUT2D eigenvalue weighted by Crippen LogP contribution is -2.43. The van der Waals surface area contributed by atoms with Gasteiger partial charge >= 0.3 is 0 Å². The molecule has 3 rings (SSSR count). The summed E-state index contributed by atoms with van der Waals surface area (Å²) in [6.45, 7) is 2.71. The first-order valence-corrected chi connectivity index (χ1v) is 6.58. The molecule has 0 atom stereocenters. The number of rotatable bonds is 5. The van der Waals surface area contributed by atoms with E-state index < -0.39 is 0 Å². The molecule has 1 N–H and O–H groups in total. The van der Waals surface area contributed by atoms with Crippen LogP contribution in [0.15, 0.2) is 42.7 Å². The second kappa shape index (κ2) is 5.80. The standard InChI is InChI=1S/C15H17N3O/c1-2-4-12(5-3-1)11-19-14-9-17-15(18-10-14)6-13-7-16-8-13/h1-5,9-10,13,16H,6-8,11H2. The molecule has 19 heavy (non-hydrogen) atoms. The highest BCUT2D eigenvalue weighted by Gasteiger charge is 2.18. The zero-order chi connectivity index (χ0) is 12.9. The molecular formula is C15H17N3O. The van der Waals surface area contributed by atoms with Gasteiger partial charge in [-0.1, -0.05) is 30.3 Å². The van der Waals surface area contributed by atoms with Crippen LogP contribution in [-0.4, -0.2) is 23.1 Å². The summed E-state index contributed by atoms with van der Waals surface area (Å²) >= 11 is 0. The summed E-state index contributed by atoms with van der Waals surface area (Å²) in [6.07, 6.45) is 4.47. The first kappa shape index (κ1) is 12.1. The fourth-order valence-corrected chi connectivity index (χ4v) is 2.01. The lowest BCUT2D eigenvalue weighted by molar-refractivity contribution is 0.302. The van der Waals surface area contributed by atoms with E-state index in [0.29, 0.717) is 12.5 Å². The van der Waals surface area contributed by atoms with Crippen molar-refractivity contribution in [2.24, 2.45) is 5.92 Å². The predicted octanol–water partition coefficient (Wildman–Crippen LogP) is 1.82. The zero-order valence-electron chi connectivity index (χ0n) is 10.7. The van der Waals surface area contributed by atoms with Crippen molar-refractivity contribution in [1.29, 1.82) is 0 Å². The summed E-state index contributed by atoms with van der Waals surface area (Å²) < 4.78 is 5.65. The van der Waals surface area contributed by atoms with Crippen LogP contribution in [0.3, 0.4) is 0 Å². The van der Waals surface area contributed by atoms with E-state index in [0.717, 1.165) is 36.6 Å². The maximum atomic E-state index is 5.65. The fourth-order valence-electron chi connectivity index (χ4n) is 2.01. The highest BCUT2D eigenvalue weighted by molar-refractivity contribution is 5.17. The van der Waals surface area contributed by atoms with E-state index in [1.54, 1.807) is 12.4 Å². The average Bonchev–Trinajstić information content (AvgIpc) is 2.43. The van der Waals surface area contributed by atoms with Crippen LogP contribution in [0, 0.1) is 5.92 Å². The average molecular weight is 255 g/mol. The number of nitrogens with zero attached hydrogens (tertiary/aromatic N) is 2. The summed E-state index contributed by atoms with van der Waals surface area (Å²) in [5, 5.41) is 3.25. The van der Waals surface area contributed by atoms with E-state index in [1.807, 2.05) is 30.3 Å². The minimum Gasteiger partial charge on any atom is -0.486 e. The molecule has 0 spiro atoms. The van der Waals surface area contributed by atoms with Crippen molar-refractivity contribution in [3.8, 4) is 5.75 Å². The van der Waals surface area contributed by atoms with Crippen molar-refractivity contribution in [2.45, 2.75) is 13.0 Å². The van der Waals surface area contributed by atoms with Crippen LogP contribution in [0.25, 0.3) is 0 Å². The van der Waals surface area contributed by atoms with Gasteiger partial charge in [-0.25, -0.2) is 9.97 Å². The van der Waals surface area contributed by atoms with E-state index in [9.17, 15) is 0 Å². The van der Waals surface area contributed by atoms with Gasteiger partial charge in [0.1, 0.15) is 12.4 Å². The van der Waals surface area contributed by atoms with Gasteiger partial charge in [0.05, 0.1) is 12.4 Å². The molecule has 98 valence electrons. The van der Waals surface area contributed by atoms with E-state index in [2.05, 4.69) is 15.3 Å². The number of nitrogens with one attached hydrogen (secondary N) is 1. The number of hydrogen-bond acceptors (Lipinski definition) is 4. The monoisotopic (exact) mass is 255 g/mol. The molecule has 0 aliphatic carbocycles. The van der Waals surface area contributed by atoms with Gasteiger partial charge in [0.15, 0.2) is 5.75 Å². The Balaban J connectivity index is 1.53. The molecule has 0 amide bonds. The Bertz CT molecular complexity index is 509. The third-order valence-electron chi connectivity index (χ3n) is 3.27. The Morgan fingerprint density at radius 1 is 1.11 bits per heavy atom. The molecule has 1 fully saturated rings. The first-order valence-electron chi connectivity index (χ1n) is 6.58. The van der Waals surface area contributed by atoms with Crippen LogP contribution >= 0.6 is 0 Å². The minimum absolute atomic E-state index is 0.552. The topological polar surface area (TPSA) is 47.0 Å². The molecule has 2 aromatic rings. The second-order valence-corrected chi connectivity index (χ2v) is 4.84. The van der Waals surface area contributed by atoms with Crippen LogP contribution in [0.4, 0.5) is 0 Å². The van der Waals surface area contributed by atoms with Crippen molar-refractivity contribution in [3.63, 3.8) is 0 Å². The van der Waals surface area contributed by atoms with Crippen molar-refractivity contribution in [1.82, 2.24) is 15.3 Å². The summed E-state index contributed by atoms with van der Waals surface area (Å²) in [5.74, 6) is 2.31. The molecule has 4 nitrogen and oxygen atoms in total. The summed E-state index contributed by atoms with van der Waals surface area (Å²) in [6, 6.07) is 10.1. The maximum Gasteiger partial charge on any atom is 0.156 e. The molecule has 1 aromatic heterocycles. The van der Waals surface area contributed by atoms with Gasteiger partial charge in [0.25, 0.3) is 0 Å². The van der Waals surface area contributed by atoms with Crippen molar-refractivity contribution >= 4 is 0 Å². The minimum atomic E-state index is 0.552. The van der Waals surface area contributed by atoms with Gasteiger partial charge in [-0.05, 0) is 24.6 Å². The van der Waals surface area contributed by atoms with Crippen LogP contribution in [0.1, 0.15) is 11.4 Å². The SMILES string of the molecule is c1ccc(COc2cnc(CC3CNC3)nc2)cc1. The molecule has 1 aliphatic heterocycles. The normalized spacial score (nSPS) is 14.9. The maximum absolute atomic E-state index is 5.65. The summed E-state index contributed by atoms with van der Waals surface area (Å²) in [7, 11) is 0. The molecule has 1 aliphatic rings. The zero-order valence-corrected chi connectivity index (χ0v) is 10.7. The van der Waals surface area contributed by atoms with Crippen molar-refractivity contribution < 1.29 is 4.74 Å². The van der Waals surface area contributed by atoms with Gasteiger partial charge in [-0.3, -0.25) is 0 Å². The molecule has 0 unspecified atom stereocenters. The molecule has 4 heteroatoms. The third kappa shape index (κ3) is 3.29. The Kier molecular flexibility index (Phi) is 3.70. The number of benzene rings is 1. The predicted molar refractivity (Wildman–Crippen MR) is 72.9 cm³/mol. The molecule has 0 bridgehead atoms. The van der Waals surface area contributed by atoms with Crippen molar-refractivity contribution in [2.75, 3.05) is 13.1 Å². The van der Waals surface area contributed by atoms with E-state index in [1.165, 1.54) is 0 Å². The Hall–Kier alpha value is -1.94. The van der Waals surface area contributed by atoms with Crippen LogP contribution in [0.2, 0.25) is 0 Å². The fraction of sp³-hybridized carbons (Fsp3) is 0.333. The van der Waals surface area contributed by atoms with E-state index in [4.69, 9.17) is 4.74 Å². The second-order valence-electron chi connectivity index (χ2n) is 4.84. The first-order chi connectivity index (χ1) is 9.40. The number of hydrogen-bond donors (Lipinski definition) is 1.